The molecule has 0 aliphatic heterocycles. The van der Waals surface area contributed by atoms with E-state index in [4.69, 9.17) is 0 Å². The molecule has 1 heterocycles. The van der Waals surface area contributed by atoms with Crippen molar-refractivity contribution in [2.45, 2.75) is 46.1 Å². The maximum absolute atomic E-state index is 4.50. The summed E-state index contributed by atoms with van der Waals surface area (Å²) in [4.78, 5) is 4.50. The number of hydrogen-bond acceptors (Lipinski definition) is 2. The van der Waals surface area contributed by atoms with Crippen molar-refractivity contribution in [2.75, 3.05) is 13.1 Å². The first-order chi connectivity index (χ1) is 8.86. The molecule has 1 aromatic rings. The molecule has 0 saturated carbocycles. The van der Waals surface area contributed by atoms with Crippen LogP contribution < -0.4 is 10.6 Å². The molecule has 0 radical (unpaired) electrons. The molecule has 0 aromatic carbocycles. The molecule has 0 aliphatic carbocycles. The minimum absolute atomic E-state index is 0.629. The van der Waals surface area contributed by atoms with Crippen molar-refractivity contribution in [3.05, 3.63) is 18.0 Å². The van der Waals surface area contributed by atoms with Crippen LogP contribution in [0.3, 0.4) is 0 Å². The van der Waals surface area contributed by atoms with Gasteiger partial charge >= 0.3 is 0 Å². The molecule has 102 valence electrons. The van der Waals surface area contributed by atoms with E-state index in [0.717, 1.165) is 24.7 Å². The summed E-state index contributed by atoms with van der Waals surface area (Å²) in [6.07, 6.45) is 6.80. The molecule has 0 atom stereocenters. The highest BCUT2D eigenvalue weighted by Crippen LogP contribution is 1.97. The van der Waals surface area contributed by atoms with Gasteiger partial charge in [-0.1, -0.05) is 26.2 Å². The van der Waals surface area contributed by atoms with Crippen LogP contribution in [-0.2, 0) is 6.54 Å². The molecule has 0 saturated heterocycles. The highest BCUT2D eigenvalue weighted by Gasteiger charge is 1.97. The quantitative estimate of drug-likeness (QED) is 0.376. The van der Waals surface area contributed by atoms with Crippen molar-refractivity contribution < 1.29 is 0 Å². The Hall–Kier alpha value is -1.52. The zero-order valence-electron chi connectivity index (χ0n) is 11.5. The summed E-state index contributed by atoms with van der Waals surface area (Å²) in [5.41, 5.74) is 1.03. The Bertz CT molecular complexity index is 318. The molecule has 0 amide bonds. The molecule has 0 spiro atoms. The Morgan fingerprint density at radius 1 is 1.28 bits per heavy atom. The number of guanidine groups is 1. The first-order valence-corrected chi connectivity index (χ1v) is 6.87. The lowest BCUT2D eigenvalue weighted by Crippen LogP contribution is -2.37. The minimum Gasteiger partial charge on any atom is -0.357 e. The van der Waals surface area contributed by atoms with Crippen LogP contribution in [-0.4, -0.2) is 29.2 Å². The molecular weight excluding hydrogens is 226 g/mol. The van der Waals surface area contributed by atoms with E-state index in [1.54, 1.807) is 6.20 Å². The second-order valence-electron chi connectivity index (χ2n) is 4.26. The number of hydrogen-bond donors (Lipinski definition) is 3. The Kier molecular flexibility index (Phi) is 7.68. The maximum Gasteiger partial charge on any atom is 0.191 e. The second-order valence-corrected chi connectivity index (χ2v) is 4.26. The van der Waals surface area contributed by atoms with Crippen LogP contribution in [0.2, 0.25) is 0 Å². The summed E-state index contributed by atoms with van der Waals surface area (Å²) in [5.74, 6) is 0.878. The van der Waals surface area contributed by atoms with E-state index < -0.39 is 0 Å². The average molecular weight is 251 g/mol. The Morgan fingerprint density at radius 3 is 2.83 bits per heavy atom. The Labute approximate surface area is 109 Å². The molecule has 5 heteroatoms. The van der Waals surface area contributed by atoms with Crippen LogP contribution in [0.1, 0.15) is 45.2 Å². The Balaban J connectivity index is 2.27. The van der Waals surface area contributed by atoms with Gasteiger partial charge in [-0.15, -0.1) is 0 Å². The van der Waals surface area contributed by atoms with Gasteiger partial charge in [0.25, 0.3) is 0 Å². The number of H-pyrrole nitrogens is 1. The van der Waals surface area contributed by atoms with Crippen molar-refractivity contribution in [3.63, 3.8) is 0 Å². The smallest absolute Gasteiger partial charge is 0.191 e. The zero-order valence-corrected chi connectivity index (χ0v) is 11.5. The lowest BCUT2D eigenvalue weighted by atomic mass is 10.2. The first kappa shape index (κ1) is 14.5. The first-order valence-electron chi connectivity index (χ1n) is 6.87. The van der Waals surface area contributed by atoms with Gasteiger partial charge in [0.1, 0.15) is 0 Å². The van der Waals surface area contributed by atoms with Crippen molar-refractivity contribution >= 4 is 5.96 Å². The SMILES string of the molecule is CCCCCCNC(=NCc1ccn[nH]1)NCC. The molecule has 18 heavy (non-hydrogen) atoms. The third kappa shape index (κ3) is 6.27. The van der Waals surface area contributed by atoms with Crippen LogP contribution in [0.5, 0.6) is 0 Å². The average Bonchev–Trinajstić information content (AvgIpc) is 2.88. The third-order valence-corrected chi connectivity index (χ3v) is 2.63. The van der Waals surface area contributed by atoms with Crippen molar-refractivity contribution in [3.8, 4) is 0 Å². The number of nitrogens with one attached hydrogen (secondary N) is 3. The normalized spacial score (nSPS) is 11.6. The van der Waals surface area contributed by atoms with E-state index in [2.05, 4.69) is 39.7 Å². The van der Waals surface area contributed by atoms with E-state index in [9.17, 15) is 0 Å². The van der Waals surface area contributed by atoms with Gasteiger partial charge in [0.2, 0.25) is 0 Å². The van der Waals surface area contributed by atoms with Crippen molar-refractivity contribution in [1.82, 2.24) is 20.8 Å². The fourth-order valence-corrected chi connectivity index (χ4v) is 1.64. The third-order valence-electron chi connectivity index (χ3n) is 2.63. The van der Waals surface area contributed by atoms with Crippen LogP contribution in [0.15, 0.2) is 17.3 Å². The van der Waals surface area contributed by atoms with Gasteiger partial charge in [-0.25, -0.2) is 4.99 Å². The van der Waals surface area contributed by atoms with Crippen LogP contribution in [0, 0.1) is 0 Å². The maximum atomic E-state index is 4.50. The molecule has 3 N–H and O–H groups in total. The van der Waals surface area contributed by atoms with Gasteiger partial charge in [-0.3, -0.25) is 5.10 Å². The fraction of sp³-hybridized carbons (Fsp3) is 0.692. The van der Waals surface area contributed by atoms with E-state index in [1.165, 1.54) is 25.7 Å². The molecule has 1 rings (SSSR count). The summed E-state index contributed by atoms with van der Waals surface area (Å²) in [5, 5.41) is 13.4. The van der Waals surface area contributed by atoms with Gasteiger partial charge in [0.05, 0.1) is 12.2 Å². The van der Waals surface area contributed by atoms with Crippen LogP contribution >= 0.6 is 0 Å². The van der Waals surface area contributed by atoms with E-state index in [1.807, 2.05) is 6.07 Å². The van der Waals surface area contributed by atoms with Crippen LogP contribution in [0.25, 0.3) is 0 Å². The minimum atomic E-state index is 0.629. The summed E-state index contributed by atoms with van der Waals surface area (Å²) in [7, 11) is 0. The number of nitrogens with zero attached hydrogens (tertiary/aromatic N) is 2. The molecule has 0 bridgehead atoms. The van der Waals surface area contributed by atoms with Gasteiger partial charge in [0.15, 0.2) is 5.96 Å². The van der Waals surface area contributed by atoms with Crippen LogP contribution in [0.4, 0.5) is 0 Å². The molecule has 0 unspecified atom stereocenters. The summed E-state index contributed by atoms with van der Waals surface area (Å²) in [6, 6.07) is 1.94. The number of aromatic amines is 1. The predicted molar refractivity (Wildman–Crippen MR) is 75.5 cm³/mol. The number of unbranched alkanes of at least 4 members (excludes halogenated alkanes) is 3. The van der Waals surface area contributed by atoms with Gasteiger partial charge in [-0.2, -0.15) is 5.10 Å². The largest absolute Gasteiger partial charge is 0.357 e. The topological polar surface area (TPSA) is 65.1 Å². The molecular formula is C13H25N5. The molecule has 1 aromatic heterocycles. The molecule has 0 fully saturated rings. The zero-order chi connectivity index (χ0) is 13.1. The highest BCUT2D eigenvalue weighted by atomic mass is 15.2. The monoisotopic (exact) mass is 251 g/mol. The molecule has 0 aliphatic rings. The second kappa shape index (κ2) is 9.50. The van der Waals surface area contributed by atoms with Gasteiger partial charge in [-0.05, 0) is 19.4 Å². The standard InChI is InChI=1S/C13H25N5/c1-3-5-6-7-9-15-13(14-4-2)16-11-12-8-10-17-18-12/h8,10H,3-7,9,11H2,1-2H3,(H,17,18)(H2,14,15,16). The van der Waals surface area contributed by atoms with Crippen molar-refractivity contribution in [1.29, 1.82) is 0 Å². The van der Waals surface area contributed by atoms with Crippen molar-refractivity contribution in [2.24, 2.45) is 4.99 Å². The fourth-order valence-electron chi connectivity index (χ4n) is 1.64. The van der Waals surface area contributed by atoms with Gasteiger partial charge < -0.3 is 10.6 Å². The van der Waals surface area contributed by atoms with E-state index in [0.29, 0.717) is 6.54 Å². The van der Waals surface area contributed by atoms with Gasteiger partial charge in [0, 0.05) is 19.3 Å². The summed E-state index contributed by atoms with van der Waals surface area (Å²) < 4.78 is 0. The summed E-state index contributed by atoms with van der Waals surface area (Å²) >= 11 is 0. The summed E-state index contributed by atoms with van der Waals surface area (Å²) in [6.45, 7) is 6.79. The van der Waals surface area contributed by atoms with E-state index in [-0.39, 0.29) is 0 Å². The Morgan fingerprint density at radius 2 is 2.17 bits per heavy atom. The lowest BCUT2D eigenvalue weighted by Gasteiger charge is -2.10. The number of rotatable bonds is 8. The number of aliphatic imine (C=N–C) groups is 1. The highest BCUT2D eigenvalue weighted by molar-refractivity contribution is 5.79. The lowest BCUT2D eigenvalue weighted by molar-refractivity contribution is 0.647. The predicted octanol–water partition coefficient (Wildman–Crippen LogP) is 2.05. The number of aromatic nitrogens is 2. The van der Waals surface area contributed by atoms with E-state index >= 15 is 0 Å². The molecule has 5 nitrogen and oxygen atoms in total.